The van der Waals surface area contributed by atoms with E-state index in [1.165, 1.54) is 6.92 Å². The van der Waals surface area contributed by atoms with Gasteiger partial charge in [-0.15, -0.1) is 0 Å². The lowest BCUT2D eigenvalue weighted by molar-refractivity contribution is -0.119. The Hall–Kier alpha value is -0.570. The second-order valence-corrected chi connectivity index (χ2v) is 3.31. The monoisotopic (exact) mass is 173 g/mol. The second kappa shape index (κ2) is 7.10. The summed E-state index contributed by atoms with van der Waals surface area (Å²) in [4.78, 5) is 10.4. The van der Waals surface area contributed by atoms with Gasteiger partial charge in [-0.1, -0.05) is 13.8 Å². The molecule has 0 radical (unpaired) electrons. The van der Waals surface area contributed by atoms with Gasteiger partial charge in [-0.25, -0.2) is 0 Å². The van der Waals surface area contributed by atoms with E-state index in [0.717, 1.165) is 19.6 Å². The molecule has 0 aromatic heterocycles. The predicted octanol–water partition coefficient (Wildman–Crippen LogP) is 1.19. The summed E-state index contributed by atoms with van der Waals surface area (Å²) >= 11 is 0. The first-order chi connectivity index (χ1) is 5.63. The predicted molar refractivity (Wildman–Crippen MR) is 49.0 cm³/mol. The number of amides is 1. The van der Waals surface area contributed by atoms with Crippen LogP contribution in [0.1, 0.15) is 27.2 Å². The number of hydrogen-bond acceptors (Lipinski definition) is 2. The summed E-state index contributed by atoms with van der Waals surface area (Å²) in [7, 11) is 0. The van der Waals surface area contributed by atoms with Crippen molar-refractivity contribution in [1.82, 2.24) is 5.32 Å². The van der Waals surface area contributed by atoms with E-state index < -0.39 is 0 Å². The normalized spacial score (nSPS) is 10.3. The second-order valence-electron chi connectivity index (χ2n) is 3.31. The first kappa shape index (κ1) is 11.4. The molecule has 0 aromatic rings. The van der Waals surface area contributed by atoms with Gasteiger partial charge in [-0.05, 0) is 12.3 Å². The van der Waals surface area contributed by atoms with Gasteiger partial charge in [0.25, 0.3) is 0 Å². The van der Waals surface area contributed by atoms with Gasteiger partial charge < -0.3 is 10.1 Å². The zero-order valence-corrected chi connectivity index (χ0v) is 8.22. The first-order valence-electron chi connectivity index (χ1n) is 4.45. The maximum absolute atomic E-state index is 10.4. The summed E-state index contributed by atoms with van der Waals surface area (Å²) in [5.41, 5.74) is 0. The molecular formula is C9H19NO2. The van der Waals surface area contributed by atoms with Gasteiger partial charge in [0.05, 0.1) is 0 Å². The molecule has 0 aliphatic carbocycles. The molecule has 1 amide bonds. The standard InChI is InChI=1S/C9H19NO2/c1-8(2)7-12-6-4-5-10-9(3)11/h8H,4-7H2,1-3H3,(H,10,11). The summed E-state index contributed by atoms with van der Waals surface area (Å²) < 4.78 is 5.33. The van der Waals surface area contributed by atoms with Gasteiger partial charge in [0.1, 0.15) is 0 Å². The Bertz CT molecular complexity index is 124. The Morgan fingerprint density at radius 3 is 2.67 bits per heavy atom. The topological polar surface area (TPSA) is 38.3 Å². The van der Waals surface area contributed by atoms with E-state index in [-0.39, 0.29) is 5.91 Å². The van der Waals surface area contributed by atoms with Crippen LogP contribution >= 0.6 is 0 Å². The molecule has 0 fully saturated rings. The van der Waals surface area contributed by atoms with Crippen molar-refractivity contribution in [3.05, 3.63) is 0 Å². The molecule has 3 heteroatoms. The van der Waals surface area contributed by atoms with Gasteiger partial charge >= 0.3 is 0 Å². The molecule has 12 heavy (non-hydrogen) atoms. The average molecular weight is 173 g/mol. The van der Waals surface area contributed by atoms with Crippen molar-refractivity contribution in [2.75, 3.05) is 19.8 Å². The van der Waals surface area contributed by atoms with Gasteiger partial charge in [0.2, 0.25) is 5.91 Å². The number of carbonyl (C=O) groups is 1. The van der Waals surface area contributed by atoms with Crippen LogP contribution in [-0.2, 0) is 9.53 Å². The fourth-order valence-electron chi connectivity index (χ4n) is 0.758. The third-order valence-electron chi connectivity index (χ3n) is 1.29. The Labute approximate surface area is 74.5 Å². The molecule has 0 spiro atoms. The van der Waals surface area contributed by atoms with Gasteiger partial charge in [-0.2, -0.15) is 0 Å². The van der Waals surface area contributed by atoms with Crippen LogP contribution in [-0.4, -0.2) is 25.7 Å². The molecule has 0 aliphatic rings. The van der Waals surface area contributed by atoms with Crippen molar-refractivity contribution < 1.29 is 9.53 Å². The summed E-state index contributed by atoms with van der Waals surface area (Å²) in [5.74, 6) is 0.615. The lowest BCUT2D eigenvalue weighted by Gasteiger charge is -2.06. The third kappa shape index (κ3) is 9.43. The highest BCUT2D eigenvalue weighted by atomic mass is 16.5. The maximum atomic E-state index is 10.4. The van der Waals surface area contributed by atoms with Gasteiger partial charge in [0, 0.05) is 26.7 Å². The van der Waals surface area contributed by atoms with Crippen molar-refractivity contribution in [2.24, 2.45) is 5.92 Å². The van der Waals surface area contributed by atoms with Crippen molar-refractivity contribution in [3.63, 3.8) is 0 Å². The lowest BCUT2D eigenvalue weighted by Crippen LogP contribution is -2.22. The van der Waals surface area contributed by atoms with Crippen LogP contribution in [0.15, 0.2) is 0 Å². The SMILES string of the molecule is CC(=O)NCCCOCC(C)C. The molecule has 0 aliphatic heterocycles. The van der Waals surface area contributed by atoms with Crippen LogP contribution in [0, 0.1) is 5.92 Å². The smallest absolute Gasteiger partial charge is 0.216 e. The largest absolute Gasteiger partial charge is 0.381 e. The molecule has 0 rings (SSSR count). The van der Waals surface area contributed by atoms with Crippen LogP contribution in [0.3, 0.4) is 0 Å². The molecule has 3 nitrogen and oxygen atoms in total. The Kier molecular flexibility index (Phi) is 6.76. The molecule has 0 saturated heterocycles. The number of hydrogen-bond donors (Lipinski definition) is 1. The van der Waals surface area contributed by atoms with E-state index >= 15 is 0 Å². The maximum Gasteiger partial charge on any atom is 0.216 e. The van der Waals surface area contributed by atoms with Crippen LogP contribution < -0.4 is 5.32 Å². The summed E-state index contributed by atoms with van der Waals surface area (Å²) in [6.07, 6.45) is 0.895. The molecule has 0 atom stereocenters. The highest BCUT2D eigenvalue weighted by molar-refractivity contribution is 5.72. The van der Waals surface area contributed by atoms with Gasteiger partial charge in [0.15, 0.2) is 0 Å². The van der Waals surface area contributed by atoms with E-state index in [9.17, 15) is 4.79 Å². The highest BCUT2D eigenvalue weighted by Crippen LogP contribution is 1.92. The van der Waals surface area contributed by atoms with Crippen LogP contribution in [0.25, 0.3) is 0 Å². The zero-order chi connectivity index (χ0) is 9.40. The van der Waals surface area contributed by atoms with E-state index in [0.29, 0.717) is 12.5 Å². The molecule has 0 unspecified atom stereocenters. The summed E-state index contributed by atoms with van der Waals surface area (Å²) in [5, 5.41) is 2.71. The minimum atomic E-state index is 0.0267. The molecule has 72 valence electrons. The quantitative estimate of drug-likeness (QED) is 0.613. The number of ether oxygens (including phenoxy) is 1. The third-order valence-corrected chi connectivity index (χ3v) is 1.29. The molecule has 0 saturated carbocycles. The molecule has 0 heterocycles. The van der Waals surface area contributed by atoms with Crippen molar-refractivity contribution in [3.8, 4) is 0 Å². The average Bonchev–Trinajstić information content (AvgIpc) is 1.95. The first-order valence-corrected chi connectivity index (χ1v) is 4.45. The van der Waals surface area contributed by atoms with Crippen molar-refractivity contribution in [1.29, 1.82) is 0 Å². The van der Waals surface area contributed by atoms with Crippen molar-refractivity contribution in [2.45, 2.75) is 27.2 Å². The number of carbonyl (C=O) groups excluding carboxylic acids is 1. The molecule has 0 aromatic carbocycles. The van der Waals surface area contributed by atoms with Crippen LogP contribution in [0.4, 0.5) is 0 Å². The Morgan fingerprint density at radius 1 is 1.50 bits per heavy atom. The van der Waals surface area contributed by atoms with E-state index in [2.05, 4.69) is 19.2 Å². The Balaban J connectivity index is 2.96. The van der Waals surface area contributed by atoms with Crippen LogP contribution in [0.5, 0.6) is 0 Å². The summed E-state index contributed by atoms with van der Waals surface area (Å²) in [6.45, 7) is 8.02. The lowest BCUT2D eigenvalue weighted by atomic mass is 10.2. The Morgan fingerprint density at radius 2 is 2.17 bits per heavy atom. The van der Waals surface area contributed by atoms with E-state index in [1.54, 1.807) is 0 Å². The summed E-state index contributed by atoms with van der Waals surface area (Å²) in [6, 6.07) is 0. The minimum absolute atomic E-state index is 0.0267. The van der Waals surface area contributed by atoms with E-state index in [4.69, 9.17) is 4.74 Å². The number of nitrogens with one attached hydrogen (secondary N) is 1. The van der Waals surface area contributed by atoms with Crippen molar-refractivity contribution >= 4 is 5.91 Å². The molecular weight excluding hydrogens is 154 g/mol. The fraction of sp³-hybridized carbons (Fsp3) is 0.889. The molecule has 0 bridgehead atoms. The fourth-order valence-corrected chi connectivity index (χ4v) is 0.758. The van der Waals surface area contributed by atoms with Gasteiger partial charge in [-0.3, -0.25) is 4.79 Å². The van der Waals surface area contributed by atoms with Crippen LogP contribution in [0.2, 0.25) is 0 Å². The minimum Gasteiger partial charge on any atom is -0.381 e. The van der Waals surface area contributed by atoms with E-state index in [1.807, 2.05) is 0 Å². The molecule has 1 N–H and O–H groups in total. The highest BCUT2D eigenvalue weighted by Gasteiger charge is 1.94. The zero-order valence-electron chi connectivity index (χ0n) is 8.22. The number of rotatable bonds is 6.